The number of halogens is 1. The Kier molecular flexibility index (Phi) is 3.30. The highest BCUT2D eigenvalue weighted by Crippen LogP contribution is 2.33. The van der Waals surface area contributed by atoms with E-state index in [0.29, 0.717) is 4.83 Å². The predicted molar refractivity (Wildman–Crippen MR) is 65.2 cm³/mol. The van der Waals surface area contributed by atoms with Crippen molar-refractivity contribution in [3.05, 3.63) is 21.8 Å². The van der Waals surface area contributed by atoms with Gasteiger partial charge in [-0.05, 0) is 17.9 Å². The zero-order valence-electron chi connectivity index (χ0n) is 7.61. The second kappa shape index (κ2) is 4.51. The molecule has 0 aliphatic heterocycles. The number of nitrogens with zero attached hydrogens (tertiary/aromatic N) is 2. The van der Waals surface area contributed by atoms with Crippen LogP contribution in [-0.4, -0.2) is 10.2 Å². The highest BCUT2D eigenvalue weighted by atomic mass is 79.9. The lowest BCUT2D eigenvalue weighted by atomic mass is 10.4. The Hall–Kier alpha value is -0.260. The largest absolute Gasteiger partial charge is 0.152 e. The van der Waals surface area contributed by atoms with Gasteiger partial charge in [-0.2, -0.15) is 11.3 Å². The summed E-state index contributed by atoms with van der Waals surface area (Å²) in [6.45, 7) is 2.13. The van der Waals surface area contributed by atoms with Crippen LogP contribution in [0.2, 0.25) is 0 Å². The normalized spacial score (nSPS) is 13.0. The van der Waals surface area contributed by atoms with Crippen LogP contribution < -0.4 is 0 Å². The Labute approximate surface area is 99.1 Å². The highest BCUT2D eigenvalue weighted by molar-refractivity contribution is 9.09. The van der Waals surface area contributed by atoms with Gasteiger partial charge in [-0.3, -0.25) is 0 Å². The quantitative estimate of drug-likeness (QED) is 0.795. The van der Waals surface area contributed by atoms with Gasteiger partial charge in [0.25, 0.3) is 0 Å². The van der Waals surface area contributed by atoms with Crippen molar-refractivity contribution in [1.29, 1.82) is 0 Å². The number of thiophene rings is 1. The lowest BCUT2D eigenvalue weighted by molar-refractivity contribution is 0.870. The maximum absolute atomic E-state index is 4.17. The minimum absolute atomic E-state index is 0.340. The molecule has 2 aromatic rings. The third-order valence-electron chi connectivity index (χ3n) is 1.84. The molecule has 2 aromatic heterocycles. The fraction of sp³-hybridized carbons (Fsp3) is 0.333. The van der Waals surface area contributed by atoms with Crippen LogP contribution >= 0.6 is 38.6 Å². The standard InChI is InChI=1S/C9H9BrN2S2/c1-2-7(10)9-12-11-8(14-9)6-3-4-13-5-6/h3-5,7H,2H2,1H3. The average Bonchev–Trinajstić information content (AvgIpc) is 2.86. The number of hydrogen-bond acceptors (Lipinski definition) is 4. The molecule has 2 heterocycles. The van der Waals surface area contributed by atoms with Crippen LogP contribution in [0.1, 0.15) is 23.2 Å². The van der Waals surface area contributed by atoms with Crippen LogP contribution in [0.4, 0.5) is 0 Å². The maximum Gasteiger partial charge on any atom is 0.148 e. The van der Waals surface area contributed by atoms with Crippen LogP contribution in [-0.2, 0) is 0 Å². The highest BCUT2D eigenvalue weighted by Gasteiger charge is 2.12. The number of rotatable bonds is 3. The number of alkyl halides is 1. The molecule has 1 atom stereocenters. The average molecular weight is 289 g/mol. The summed E-state index contributed by atoms with van der Waals surface area (Å²) in [7, 11) is 0. The molecule has 1 unspecified atom stereocenters. The van der Waals surface area contributed by atoms with Gasteiger partial charge in [-0.1, -0.05) is 34.2 Å². The summed E-state index contributed by atoms with van der Waals surface area (Å²) in [5.41, 5.74) is 1.18. The molecule has 0 spiro atoms. The topological polar surface area (TPSA) is 25.8 Å². The molecule has 2 nitrogen and oxygen atoms in total. The van der Waals surface area contributed by atoms with Crippen LogP contribution in [0, 0.1) is 0 Å². The van der Waals surface area contributed by atoms with Crippen molar-refractivity contribution in [3.8, 4) is 10.6 Å². The molecule has 5 heteroatoms. The maximum atomic E-state index is 4.17. The van der Waals surface area contributed by atoms with E-state index in [9.17, 15) is 0 Å². The van der Waals surface area contributed by atoms with Gasteiger partial charge in [0, 0.05) is 10.9 Å². The van der Waals surface area contributed by atoms with Crippen molar-refractivity contribution in [3.63, 3.8) is 0 Å². The Balaban J connectivity index is 2.26. The van der Waals surface area contributed by atoms with E-state index in [-0.39, 0.29) is 0 Å². The van der Waals surface area contributed by atoms with Crippen molar-refractivity contribution in [2.24, 2.45) is 0 Å². The third kappa shape index (κ3) is 2.04. The van der Waals surface area contributed by atoms with Crippen molar-refractivity contribution in [2.75, 3.05) is 0 Å². The summed E-state index contributed by atoms with van der Waals surface area (Å²) in [5, 5.41) is 14.6. The van der Waals surface area contributed by atoms with E-state index in [2.05, 4.69) is 49.9 Å². The molecule has 14 heavy (non-hydrogen) atoms. The monoisotopic (exact) mass is 288 g/mol. The fourth-order valence-corrected chi connectivity index (χ4v) is 3.03. The van der Waals surface area contributed by atoms with E-state index < -0.39 is 0 Å². The summed E-state index contributed by atoms with van der Waals surface area (Å²) in [4.78, 5) is 0.340. The van der Waals surface area contributed by atoms with E-state index in [1.165, 1.54) is 5.56 Å². The van der Waals surface area contributed by atoms with Gasteiger partial charge in [0.15, 0.2) is 0 Å². The lowest BCUT2D eigenvalue weighted by Gasteiger charge is -1.97. The first-order valence-electron chi connectivity index (χ1n) is 4.31. The zero-order valence-corrected chi connectivity index (χ0v) is 10.8. The van der Waals surface area contributed by atoms with Gasteiger partial charge >= 0.3 is 0 Å². The molecule has 0 fully saturated rings. The van der Waals surface area contributed by atoms with Crippen molar-refractivity contribution in [1.82, 2.24) is 10.2 Å². The summed E-state index contributed by atoms with van der Waals surface area (Å²) in [5.74, 6) is 0. The van der Waals surface area contributed by atoms with Gasteiger partial charge < -0.3 is 0 Å². The Morgan fingerprint density at radius 3 is 3.00 bits per heavy atom. The van der Waals surface area contributed by atoms with Gasteiger partial charge in [-0.15, -0.1) is 10.2 Å². The summed E-state index contributed by atoms with van der Waals surface area (Å²) in [6.07, 6.45) is 1.04. The molecule has 74 valence electrons. The Bertz CT molecular complexity index is 397. The first-order valence-corrected chi connectivity index (χ1v) is 6.98. The van der Waals surface area contributed by atoms with Gasteiger partial charge in [0.05, 0.1) is 4.83 Å². The number of hydrogen-bond donors (Lipinski definition) is 0. The van der Waals surface area contributed by atoms with Crippen LogP contribution in [0.5, 0.6) is 0 Å². The second-order valence-corrected chi connectivity index (χ2v) is 5.73. The third-order valence-corrected chi connectivity index (χ3v) is 4.99. The van der Waals surface area contributed by atoms with Crippen LogP contribution in [0.25, 0.3) is 10.6 Å². The zero-order chi connectivity index (χ0) is 9.97. The molecule has 2 rings (SSSR count). The predicted octanol–water partition coefficient (Wildman–Crippen LogP) is 4.11. The molecule has 0 bridgehead atoms. The summed E-state index contributed by atoms with van der Waals surface area (Å²) in [6, 6.07) is 2.07. The Morgan fingerprint density at radius 1 is 1.50 bits per heavy atom. The molecule has 0 saturated heterocycles. The molecule has 0 saturated carbocycles. The summed E-state index contributed by atoms with van der Waals surface area (Å²) < 4.78 is 0. The van der Waals surface area contributed by atoms with E-state index in [1.54, 1.807) is 22.7 Å². The minimum atomic E-state index is 0.340. The fourth-order valence-electron chi connectivity index (χ4n) is 1.04. The first-order chi connectivity index (χ1) is 6.81. The van der Waals surface area contributed by atoms with E-state index in [1.807, 2.05) is 0 Å². The van der Waals surface area contributed by atoms with Crippen molar-refractivity contribution in [2.45, 2.75) is 18.2 Å². The molecule has 0 aliphatic rings. The van der Waals surface area contributed by atoms with Crippen molar-refractivity contribution >= 4 is 38.6 Å². The molecule has 0 aliphatic carbocycles. The van der Waals surface area contributed by atoms with E-state index >= 15 is 0 Å². The van der Waals surface area contributed by atoms with Gasteiger partial charge in [-0.25, -0.2) is 0 Å². The van der Waals surface area contributed by atoms with Gasteiger partial charge in [0.2, 0.25) is 0 Å². The molecule has 0 radical (unpaired) electrons. The second-order valence-electron chi connectivity index (χ2n) is 2.83. The molecule has 0 amide bonds. The molecule has 0 aromatic carbocycles. The Morgan fingerprint density at radius 2 is 2.36 bits per heavy atom. The lowest BCUT2D eigenvalue weighted by Crippen LogP contribution is -1.84. The smallest absolute Gasteiger partial charge is 0.148 e. The van der Waals surface area contributed by atoms with Crippen LogP contribution in [0.3, 0.4) is 0 Å². The SMILES string of the molecule is CCC(Br)c1nnc(-c2ccsc2)s1. The molecular weight excluding hydrogens is 280 g/mol. The van der Waals surface area contributed by atoms with Gasteiger partial charge in [0.1, 0.15) is 10.0 Å². The molecular formula is C9H9BrN2S2. The van der Waals surface area contributed by atoms with Crippen molar-refractivity contribution < 1.29 is 0 Å². The van der Waals surface area contributed by atoms with E-state index in [0.717, 1.165) is 16.4 Å². The van der Waals surface area contributed by atoms with E-state index in [4.69, 9.17) is 0 Å². The van der Waals surface area contributed by atoms with Crippen LogP contribution in [0.15, 0.2) is 16.8 Å². The minimum Gasteiger partial charge on any atom is -0.152 e. The first kappa shape index (κ1) is 10.3. The number of aromatic nitrogens is 2. The summed E-state index contributed by atoms with van der Waals surface area (Å²) >= 11 is 6.92. The molecule has 0 N–H and O–H groups in total.